The van der Waals surface area contributed by atoms with Gasteiger partial charge in [-0.2, -0.15) is 0 Å². The number of hydrogen-bond donors (Lipinski definition) is 6. The van der Waals surface area contributed by atoms with E-state index in [1.54, 1.807) is 0 Å². The normalized spacial score (nSPS) is 16.6. The van der Waals surface area contributed by atoms with Gasteiger partial charge in [0.2, 0.25) is 0 Å². The van der Waals surface area contributed by atoms with Gasteiger partial charge >= 0.3 is 275 Å². The predicted molar refractivity (Wildman–Crippen MR) is 668 cm³/mol. The summed E-state index contributed by atoms with van der Waals surface area (Å²) in [7, 11) is -93.2. The molecular weight excluding hydrogens is 2430 g/mol. The molecule has 0 aromatic heterocycles. The van der Waals surface area contributed by atoms with Crippen LogP contribution in [0, 0.1) is 0 Å². The van der Waals surface area contributed by atoms with E-state index < -0.39 is 292 Å². The smallest absolute Gasteiger partial charge is 0.317 e. The minimum atomic E-state index is -3.37. The molecule has 0 radical (unpaired) electrons. The molecule has 0 rings (SSSR count). The summed E-state index contributed by atoms with van der Waals surface area (Å²) in [6, 6.07) is -0.448. The Bertz CT molecular complexity index is 4070. The van der Waals surface area contributed by atoms with Gasteiger partial charge in [0.15, 0.2) is 16.6 Å². The quantitative estimate of drug-likeness (QED) is 0.0243. The standard InChI is InChI=1S/C75H216N6O34Si32/c1-116(2,3)85-118(7,8)87-119(9,10)88-120(11,12)89-121(13,14)90-122(15,16)91-123(17,18)92-124(19,20)93-125(21,22)94-126(23,24)95-127(25,26)96-128(27,28)97-129(29,30)98-130(31,32)99-131(33,34)100-132(35,36)101-133(37,38)102-134(39,40)103-135(41,42)104-136(43,44)105-137(45,46)106-138(47,48)107-139(49,50)108-140(51,52)109-141(53,54)110-142(55,56)111-143(57,58)112-144(59,60)113-146(62,71-65-68-80-74(77)83)115-147(63,72-66-69-81-75(78)84)114-145(61,86-117(4,5)6)70-64-67-79-73(76)82/h64-72H2,1-63H3,(H3,76,79,82)(H3,77,80,83)(H3,78,81,84). The van der Waals surface area contributed by atoms with Crippen LogP contribution in [0.2, 0.25) is 431 Å². The second kappa shape index (κ2) is 53.8. The van der Waals surface area contributed by atoms with Crippen molar-refractivity contribution < 1.29 is 142 Å². The summed E-state index contributed by atoms with van der Waals surface area (Å²) in [5, 5.41) is 8.11. The largest absolute Gasteiger partial charge is 0.437 e. The van der Waals surface area contributed by atoms with Gasteiger partial charge in [0.1, 0.15) is 0 Å². The van der Waals surface area contributed by atoms with Gasteiger partial charge < -0.3 is 161 Å². The molecule has 0 spiro atoms. The molecule has 0 fully saturated rings. The molecule has 6 amide bonds. The lowest BCUT2D eigenvalue weighted by molar-refractivity contribution is 0.240. The molecule has 3 atom stereocenters. The van der Waals surface area contributed by atoms with E-state index in [9.17, 15) is 14.4 Å². The van der Waals surface area contributed by atoms with Gasteiger partial charge in [-0.15, -0.1) is 0 Å². The molecule has 0 heterocycles. The maximum Gasteiger partial charge on any atom is 0.317 e. The van der Waals surface area contributed by atoms with Gasteiger partial charge in [-0.3, -0.25) is 0 Å². The van der Waals surface area contributed by atoms with Gasteiger partial charge in [-0.05, 0) is 450 Å². The average molecular weight is 2650 g/mol. The minimum Gasteiger partial charge on any atom is -0.437 e. The third-order valence-electron chi connectivity index (χ3n) is 18.5. The highest BCUT2D eigenvalue weighted by Crippen LogP contribution is 2.41. The van der Waals surface area contributed by atoms with Gasteiger partial charge in [-0.1, -0.05) is 0 Å². The molecule has 40 nitrogen and oxygen atoms in total. The molecule has 0 aliphatic carbocycles. The number of nitrogens with one attached hydrogen (secondary N) is 3. The Hall–Kier alpha value is 3.51. The topological polar surface area (TPSA) is 451 Å². The highest BCUT2D eigenvalue weighted by Gasteiger charge is 2.60. The Balaban J connectivity index is 6.27. The van der Waals surface area contributed by atoms with E-state index in [-0.39, 0.29) is 6.54 Å². The van der Waals surface area contributed by atoms with Crippen LogP contribution in [0.4, 0.5) is 14.4 Å². The Kier molecular flexibility index (Phi) is 55.1. The lowest BCUT2D eigenvalue weighted by atomic mass is 10.5. The molecule has 0 aromatic carbocycles. The number of primary amides is 3. The van der Waals surface area contributed by atoms with Crippen LogP contribution in [0.3, 0.4) is 0 Å². The number of amides is 6. The summed E-state index contributed by atoms with van der Waals surface area (Å²) in [5.41, 5.74) is 16.5. The van der Waals surface area contributed by atoms with Crippen LogP contribution < -0.4 is 33.2 Å². The summed E-state index contributed by atoms with van der Waals surface area (Å²) in [4.78, 5) is 35.5. The summed E-state index contributed by atoms with van der Waals surface area (Å²) < 4.78 is 218. The summed E-state index contributed by atoms with van der Waals surface area (Å²) in [5.74, 6) is 0. The first-order valence-corrected chi connectivity index (χ1v) is 142. The fourth-order valence-electron chi connectivity index (χ4n) is 21.0. The fraction of sp³-hybridized carbons (Fsp3) is 0.960. The zero-order valence-corrected chi connectivity index (χ0v) is 136. The number of nitrogens with two attached hydrogens (primary N) is 3. The van der Waals surface area contributed by atoms with Gasteiger partial charge in [0, 0.05) is 19.6 Å². The van der Waals surface area contributed by atoms with Crippen molar-refractivity contribution in [3.8, 4) is 0 Å². The average Bonchev–Trinajstić information content (AvgIpc) is 0.702. The van der Waals surface area contributed by atoms with Crippen LogP contribution in [0.1, 0.15) is 19.3 Å². The first-order chi connectivity index (χ1) is 63.7. The Morgan fingerprint density at radius 1 is 0.136 bits per heavy atom. The lowest BCUT2D eigenvalue weighted by Gasteiger charge is -2.46. The van der Waals surface area contributed by atoms with Crippen LogP contribution >= 0.6 is 0 Å². The Labute approximate surface area is 927 Å². The van der Waals surface area contributed by atoms with Crippen LogP contribution in [0.5, 0.6) is 0 Å². The molecule has 0 aliphatic rings. The van der Waals surface area contributed by atoms with E-state index in [0.717, 1.165) is 0 Å². The Morgan fingerprint density at radius 3 is 0.327 bits per heavy atom. The van der Waals surface area contributed by atoms with Crippen LogP contribution in [0.15, 0.2) is 0 Å². The molecule has 0 saturated carbocycles. The van der Waals surface area contributed by atoms with Gasteiger partial charge in [0.25, 0.3) is 0 Å². The van der Waals surface area contributed by atoms with E-state index in [4.69, 9.17) is 145 Å². The zero-order chi connectivity index (χ0) is 117. The van der Waals surface area contributed by atoms with Gasteiger partial charge in [-0.25, -0.2) is 14.4 Å². The molecule has 72 heteroatoms. The SMILES string of the molecule is C[Si](C)(C)O[Si](C)(C)O[Si](C)(C)O[Si](C)(C)O[Si](C)(C)O[Si](C)(C)O[Si](C)(C)O[Si](C)(C)O[Si](C)(C)O[Si](C)(C)O[Si](C)(C)O[Si](C)(C)O[Si](C)(C)O[Si](C)(C)O[Si](C)(C)O[Si](C)(C)O[Si](C)(C)O[Si](C)(C)O[Si](C)(C)O[Si](C)(C)O[Si](C)(C)O[Si](C)(C)O[Si](C)(C)O[Si](C)(C)O[Si](C)(C)O[Si](C)(C)O[Si](C)(C)O[Si](C)(C)O[Si](C)(CCCNC(N)=O)O[Si](C)(CCCNC(N)=O)O[Si](C)(CCCNC(N)=O)O[Si](C)(C)C. The first-order valence-electron chi connectivity index (χ1n) is 51.5. The molecule has 0 bridgehead atoms. The van der Waals surface area contributed by atoms with Crippen molar-refractivity contribution in [1.82, 2.24) is 16.0 Å². The summed E-state index contributed by atoms with van der Waals surface area (Å²) in [6.07, 6.45) is 1.54. The zero-order valence-electron chi connectivity index (χ0n) is 104. The van der Waals surface area contributed by atoms with Gasteiger partial charge in [0.05, 0.1) is 0 Å². The molecule has 878 valence electrons. The highest BCUT2D eigenvalue weighted by molar-refractivity contribution is 7.00. The first kappa shape index (κ1) is 151. The van der Waals surface area contributed by atoms with Crippen molar-refractivity contribution in [1.29, 1.82) is 0 Å². The predicted octanol–water partition coefficient (Wildman–Crippen LogP) is 22.5. The lowest BCUT2D eigenvalue weighted by Crippen LogP contribution is -2.64. The van der Waals surface area contributed by atoms with E-state index in [1.165, 1.54) is 0 Å². The molecule has 147 heavy (non-hydrogen) atoms. The second-order valence-electron chi connectivity index (χ2n) is 52.8. The van der Waals surface area contributed by atoms with Crippen LogP contribution in [-0.2, 0) is 128 Å². The summed E-state index contributed by atoms with van der Waals surface area (Å²) in [6.45, 7) is 130. The number of urea groups is 3. The minimum absolute atomic E-state index is 0.285. The molecule has 9 N–H and O–H groups in total. The van der Waals surface area contributed by atoms with Crippen molar-refractivity contribution in [3.05, 3.63) is 0 Å². The fourth-order valence-corrected chi connectivity index (χ4v) is 188. The molecule has 0 saturated heterocycles. The van der Waals surface area contributed by atoms with E-state index in [0.29, 0.717) is 50.5 Å². The number of rotatable bonds is 74. The molecule has 0 aromatic rings. The highest BCUT2D eigenvalue weighted by atomic mass is 28.6. The third-order valence-corrected chi connectivity index (χ3v) is 144. The van der Waals surface area contributed by atoms with Crippen molar-refractivity contribution in [3.63, 3.8) is 0 Å². The number of carbonyl (C=O) groups excluding carboxylic acids is 3. The monoisotopic (exact) mass is 2640 g/mol. The number of hydrogen-bond acceptors (Lipinski definition) is 34. The Morgan fingerprint density at radius 2 is 0.224 bits per heavy atom. The van der Waals surface area contributed by atoms with E-state index >= 15 is 0 Å². The maximum absolute atomic E-state index is 11.9. The van der Waals surface area contributed by atoms with Crippen molar-refractivity contribution in [2.75, 3.05) is 19.6 Å². The molecular formula is C75H216N6O34Si32. The maximum atomic E-state index is 11.9. The van der Waals surface area contributed by atoms with Crippen molar-refractivity contribution in [2.24, 2.45) is 17.2 Å². The second-order valence-corrected chi connectivity index (χ2v) is 170. The van der Waals surface area contributed by atoms with Crippen LogP contribution in [0.25, 0.3) is 0 Å². The molecule has 0 aliphatic heterocycles. The van der Waals surface area contributed by atoms with Crippen molar-refractivity contribution >= 4 is 292 Å². The van der Waals surface area contributed by atoms with E-state index in [2.05, 4.69) is 147 Å². The van der Waals surface area contributed by atoms with Crippen molar-refractivity contribution in [2.45, 2.75) is 450 Å². The summed E-state index contributed by atoms with van der Waals surface area (Å²) >= 11 is 0. The van der Waals surface area contributed by atoms with E-state index in [1.807, 2.05) is 282 Å². The van der Waals surface area contributed by atoms with Crippen LogP contribution in [-0.4, -0.2) is 311 Å². The number of carbonyl (C=O) groups is 3. The third kappa shape index (κ3) is 71.4. The molecule has 3 unspecified atom stereocenters.